The van der Waals surface area contributed by atoms with Crippen LogP contribution in [0.4, 0.5) is 4.39 Å². The number of rotatable bonds is 4. The Morgan fingerprint density at radius 1 is 1.32 bits per heavy atom. The van der Waals surface area contributed by atoms with Crippen LogP contribution in [0.1, 0.15) is 11.3 Å². The largest absolute Gasteiger partial charge is 0.380 e. The summed E-state index contributed by atoms with van der Waals surface area (Å²) in [6.45, 7) is 4.34. The molecular formula is C17H22FN3O. The number of aromatic nitrogens is 2. The number of halogens is 1. The van der Waals surface area contributed by atoms with Gasteiger partial charge >= 0.3 is 0 Å². The number of benzene rings is 1. The first kappa shape index (κ1) is 15.2. The summed E-state index contributed by atoms with van der Waals surface area (Å²) in [7, 11) is 2.02. The Labute approximate surface area is 130 Å². The molecule has 1 fully saturated rings. The van der Waals surface area contributed by atoms with Gasteiger partial charge in [0, 0.05) is 32.9 Å². The van der Waals surface area contributed by atoms with E-state index in [2.05, 4.69) is 14.5 Å². The van der Waals surface area contributed by atoms with Gasteiger partial charge in [0.2, 0.25) is 0 Å². The van der Waals surface area contributed by atoms with Crippen molar-refractivity contribution in [3.8, 4) is 0 Å². The van der Waals surface area contributed by atoms with Gasteiger partial charge in [0.1, 0.15) is 5.82 Å². The van der Waals surface area contributed by atoms with Crippen LogP contribution < -0.4 is 0 Å². The lowest BCUT2D eigenvalue weighted by atomic mass is 9.99. The maximum Gasteiger partial charge on any atom is 0.123 e. The molecule has 22 heavy (non-hydrogen) atoms. The van der Waals surface area contributed by atoms with Gasteiger partial charge < -0.3 is 9.30 Å². The molecule has 118 valence electrons. The normalized spacial score (nSPS) is 20.0. The third-order valence-electron chi connectivity index (χ3n) is 4.16. The summed E-state index contributed by atoms with van der Waals surface area (Å²) in [5.41, 5.74) is 2.37. The Morgan fingerprint density at radius 2 is 2.14 bits per heavy atom. The number of ether oxygens (including phenoxy) is 1. The molecule has 0 aliphatic carbocycles. The fraction of sp³-hybridized carbons (Fsp3) is 0.471. The molecule has 0 radical (unpaired) electrons. The fourth-order valence-electron chi connectivity index (χ4n) is 2.94. The van der Waals surface area contributed by atoms with Crippen LogP contribution in [0.2, 0.25) is 0 Å². The summed E-state index contributed by atoms with van der Waals surface area (Å²) in [6, 6.07) is 6.79. The number of aryl methyl sites for hydroxylation is 1. The van der Waals surface area contributed by atoms with E-state index in [1.807, 2.05) is 31.7 Å². The summed E-state index contributed by atoms with van der Waals surface area (Å²) in [5, 5.41) is 0. The van der Waals surface area contributed by atoms with Gasteiger partial charge in [-0.3, -0.25) is 4.90 Å². The van der Waals surface area contributed by atoms with E-state index < -0.39 is 0 Å². The molecule has 1 aromatic carbocycles. The van der Waals surface area contributed by atoms with Crippen LogP contribution in [0.3, 0.4) is 0 Å². The van der Waals surface area contributed by atoms with Crippen molar-refractivity contribution in [3.63, 3.8) is 0 Å². The highest BCUT2D eigenvalue weighted by Gasteiger charge is 2.20. The second kappa shape index (κ2) is 7.03. The van der Waals surface area contributed by atoms with Crippen LogP contribution in [0.25, 0.3) is 0 Å². The van der Waals surface area contributed by atoms with Crippen LogP contribution in [0.15, 0.2) is 36.8 Å². The fourth-order valence-corrected chi connectivity index (χ4v) is 2.94. The standard InChI is InChI=1S/C17H22FN3O/c1-20-13-19-9-17(20)11-21-6-7-22-12-15(10-21)8-14-2-4-16(18)5-3-14/h2-5,9,13,15H,6-8,10-12H2,1H3/t15-/m1/s1. The van der Waals surface area contributed by atoms with Crippen LogP contribution >= 0.6 is 0 Å². The van der Waals surface area contributed by atoms with Crippen molar-refractivity contribution in [2.24, 2.45) is 13.0 Å². The zero-order chi connectivity index (χ0) is 15.4. The third kappa shape index (κ3) is 3.93. The minimum atomic E-state index is -0.182. The van der Waals surface area contributed by atoms with Crippen molar-refractivity contribution >= 4 is 0 Å². The van der Waals surface area contributed by atoms with Crippen molar-refractivity contribution in [3.05, 3.63) is 53.9 Å². The van der Waals surface area contributed by atoms with E-state index in [0.29, 0.717) is 5.92 Å². The molecule has 1 saturated heterocycles. The van der Waals surface area contributed by atoms with Crippen molar-refractivity contribution in [2.45, 2.75) is 13.0 Å². The Morgan fingerprint density at radius 3 is 2.86 bits per heavy atom. The molecule has 3 rings (SSSR count). The van der Waals surface area contributed by atoms with Crippen molar-refractivity contribution in [1.29, 1.82) is 0 Å². The molecule has 2 heterocycles. The molecule has 1 atom stereocenters. The predicted molar refractivity (Wildman–Crippen MR) is 82.9 cm³/mol. The van der Waals surface area contributed by atoms with Gasteiger partial charge in [0.15, 0.2) is 0 Å². The van der Waals surface area contributed by atoms with Gasteiger partial charge in [-0.25, -0.2) is 9.37 Å². The molecule has 0 amide bonds. The zero-order valence-corrected chi connectivity index (χ0v) is 12.9. The monoisotopic (exact) mass is 303 g/mol. The van der Waals surface area contributed by atoms with E-state index in [-0.39, 0.29) is 5.82 Å². The van der Waals surface area contributed by atoms with Gasteiger partial charge in [0.25, 0.3) is 0 Å². The average Bonchev–Trinajstić information content (AvgIpc) is 2.78. The molecule has 2 aromatic rings. The molecule has 0 spiro atoms. The van der Waals surface area contributed by atoms with Gasteiger partial charge in [-0.2, -0.15) is 0 Å². The van der Waals surface area contributed by atoms with E-state index in [4.69, 9.17) is 4.74 Å². The highest BCUT2D eigenvalue weighted by atomic mass is 19.1. The first-order valence-electron chi connectivity index (χ1n) is 7.70. The molecule has 1 aliphatic rings. The minimum Gasteiger partial charge on any atom is -0.380 e. The molecular weight excluding hydrogens is 281 g/mol. The molecule has 1 aliphatic heterocycles. The predicted octanol–water partition coefficient (Wildman–Crippen LogP) is 2.25. The molecule has 0 unspecified atom stereocenters. The highest BCUT2D eigenvalue weighted by Crippen LogP contribution is 2.16. The lowest BCUT2D eigenvalue weighted by molar-refractivity contribution is 0.121. The van der Waals surface area contributed by atoms with Crippen LogP contribution in [0.5, 0.6) is 0 Å². The molecule has 5 heteroatoms. The zero-order valence-electron chi connectivity index (χ0n) is 12.9. The van der Waals surface area contributed by atoms with Crippen LogP contribution in [0, 0.1) is 11.7 Å². The van der Waals surface area contributed by atoms with E-state index in [1.54, 1.807) is 0 Å². The number of imidazole rings is 1. The van der Waals surface area contributed by atoms with Crippen LogP contribution in [-0.2, 0) is 24.8 Å². The lowest BCUT2D eigenvalue weighted by Crippen LogP contribution is -2.31. The molecule has 0 N–H and O–H groups in total. The summed E-state index contributed by atoms with van der Waals surface area (Å²) < 4.78 is 20.8. The first-order valence-corrected chi connectivity index (χ1v) is 7.70. The van der Waals surface area contributed by atoms with Gasteiger partial charge in [-0.15, -0.1) is 0 Å². The summed E-state index contributed by atoms with van der Waals surface area (Å²) >= 11 is 0. The van der Waals surface area contributed by atoms with Crippen molar-refractivity contribution in [1.82, 2.24) is 14.5 Å². The maximum absolute atomic E-state index is 13.0. The van der Waals surface area contributed by atoms with Crippen LogP contribution in [-0.4, -0.2) is 40.8 Å². The summed E-state index contributed by atoms with van der Waals surface area (Å²) in [6.07, 6.45) is 4.67. The van der Waals surface area contributed by atoms with E-state index in [9.17, 15) is 4.39 Å². The second-order valence-electron chi connectivity index (χ2n) is 6.00. The molecule has 0 bridgehead atoms. The van der Waals surface area contributed by atoms with Gasteiger partial charge in [-0.1, -0.05) is 12.1 Å². The Balaban J connectivity index is 1.62. The molecule has 0 saturated carbocycles. The average molecular weight is 303 g/mol. The summed E-state index contributed by atoms with van der Waals surface area (Å²) in [4.78, 5) is 6.59. The number of nitrogens with zero attached hydrogens (tertiary/aromatic N) is 3. The van der Waals surface area contributed by atoms with E-state index >= 15 is 0 Å². The van der Waals surface area contributed by atoms with Gasteiger partial charge in [-0.05, 0) is 30.0 Å². The Hall–Kier alpha value is -1.72. The van der Waals surface area contributed by atoms with E-state index in [0.717, 1.165) is 44.8 Å². The Bertz CT molecular complexity index is 596. The van der Waals surface area contributed by atoms with Crippen molar-refractivity contribution in [2.75, 3.05) is 26.3 Å². The molecule has 1 aromatic heterocycles. The molecule has 4 nitrogen and oxygen atoms in total. The number of hydrogen-bond acceptors (Lipinski definition) is 3. The van der Waals surface area contributed by atoms with Crippen molar-refractivity contribution < 1.29 is 9.13 Å². The highest BCUT2D eigenvalue weighted by molar-refractivity contribution is 5.16. The number of hydrogen-bond donors (Lipinski definition) is 0. The smallest absolute Gasteiger partial charge is 0.123 e. The summed E-state index contributed by atoms with van der Waals surface area (Å²) in [5.74, 6) is 0.250. The second-order valence-corrected chi connectivity index (χ2v) is 6.00. The maximum atomic E-state index is 13.0. The lowest BCUT2D eigenvalue weighted by Gasteiger charge is -2.23. The minimum absolute atomic E-state index is 0.182. The Kier molecular flexibility index (Phi) is 4.85. The topological polar surface area (TPSA) is 30.3 Å². The first-order chi connectivity index (χ1) is 10.7. The quantitative estimate of drug-likeness (QED) is 0.868. The SMILES string of the molecule is Cn1cncc1CN1CCOC[C@H](Cc2ccc(F)cc2)C1. The third-order valence-corrected chi connectivity index (χ3v) is 4.16. The van der Waals surface area contributed by atoms with E-state index in [1.165, 1.54) is 17.8 Å². The van der Waals surface area contributed by atoms with Gasteiger partial charge in [0.05, 0.1) is 25.2 Å².